The highest BCUT2D eigenvalue weighted by molar-refractivity contribution is 5.87. The molecule has 2 atom stereocenters. The predicted octanol–water partition coefficient (Wildman–Crippen LogP) is -0.957. The topological polar surface area (TPSA) is 76.7 Å². The molecule has 16 heavy (non-hydrogen) atoms. The van der Waals surface area contributed by atoms with Crippen LogP contribution in [-0.2, 0) is 19.1 Å². The van der Waals surface area contributed by atoms with Crippen LogP contribution in [0.15, 0.2) is 0 Å². The van der Waals surface area contributed by atoms with Crippen LogP contribution in [0, 0.1) is 0 Å². The number of hydrogen-bond acceptors (Lipinski definition) is 5. The molecule has 1 saturated heterocycles. The monoisotopic (exact) mass is 230 g/mol. The smallest absolute Gasteiger partial charge is 0.328 e. The van der Waals surface area contributed by atoms with Crippen LogP contribution >= 0.6 is 0 Å². The Labute approximate surface area is 94.7 Å². The minimum atomic E-state index is -0.629. The number of nitrogens with one attached hydrogen (secondary N) is 2. The van der Waals surface area contributed by atoms with Crippen LogP contribution in [0.1, 0.15) is 13.8 Å². The van der Waals surface area contributed by atoms with Crippen molar-refractivity contribution in [3.8, 4) is 0 Å². The van der Waals surface area contributed by atoms with Crippen LogP contribution in [0.25, 0.3) is 0 Å². The van der Waals surface area contributed by atoms with Crippen molar-refractivity contribution in [1.82, 2.24) is 10.6 Å². The Bertz CT molecular complexity index is 251. The van der Waals surface area contributed by atoms with Gasteiger partial charge in [-0.15, -0.1) is 0 Å². The second kappa shape index (κ2) is 6.44. The molecular formula is C10H18N2O4. The zero-order valence-corrected chi connectivity index (χ0v) is 9.62. The van der Waals surface area contributed by atoms with Gasteiger partial charge in [0.1, 0.15) is 12.1 Å². The van der Waals surface area contributed by atoms with E-state index in [1.54, 1.807) is 13.8 Å². The lowest BCUT2D eigenvalue weighted by Gasteiger charge is -2.24. The van der Waals surface area contributed by atoms with Gasteiger partial charge in [-0.25, -0.2) is 4.79 Å². The van der Waals surface area contributed by atoms with Gasteiger partial charge < -0.3 is 20.1 Å². The molecule has 6 heteroatoms. The van der Waals surface area contributed by atoms with Crippen LogP contribution in [-0.4, -0.2) is 50.3 Å². The van der Waals surface area contributed by atoms with E-state index < -0.39 is 12.0 Å². The maximum Gasteiger partial charge on any atom is 0.328 e. The lowest BCUT2D eigenvalue weighted by atomic mass is 10.2. The van der Waals surface area contributed by atoms with E-state index in [1.807, 2.05) is 0 Å². The molecule has 0 aromatic heterocycles. The van der Waals surface area contributed by atoms with E-state index in [0.29, 0.717) is 26.4 Å². The largest absolute Gasteiger partial charge is 0.464 e. The fourth-order valence-electron chi connectivity index (χ4n) is 1.37. The zero-order valence-electron chi connectivity index (χ0n) is 9.62. The van der Waals surface area contributed by atoms with Crippen molar-refractivity contribution in [2.45, 2.75) is 25.9 Å². The van der Waals surface area contributed by atoms with Crippen LogP contribution in [0.4, 0.5) is 0 Å². The standard InChI is InChI=1S/C10H18N2O4/c1-3-16-10(14)7(2)12-9(13)8-6-15-5-4-11-8/h7-8,11H,3-6H2,1-2H3,(H,12,13). The molecule has 1 amide bonds. The molecule has 0 aromatic rings. The number of carbonyl (C=O) groups excluding carboxylic acids is 2. The Morgan fingerprint density at radius 1 is 1.62 bits per heavy atom. The van der Waals surface area contributed by atoms with Crippen molar-refractivity contribution in [3.05, 3.63) is 0 Å². The number of rotatable bonds is 4. The number of amides is 1. The molecule has 0 radical (unpaired) electrons. The van der Waals surface area contributed by atoms with Crippen molar-refractivity contribution < 1.29 is 19.1 Å². The van der Waals surface area contributed by atoms with Crippen molar-refractivity contribution in [2.75, 3.05) is 26.4 Å². The summed E-state index contributed by atoms with van der Waals surface area (Å²) in [5.41, 5.74) is 0. The molecule has 0 spiro atoms. The molecule has 6 nitrogen and oxygen atoms in total. The fraction of sp³-hybridized carbons (Fsp3) is 0.800. The van der Waals surface area contributed by atoms with E-state index in [9.17, 15) is 9.59 Å². The van der Waals surface area contributed by atoms with Gasteiger partial charge in [-0.05, 0) is 13.8 Å². The normalized spacial score (nSPS) is 22.2. The average Bonchev–Trinajstić information content (AvgIpc) is 2.30. The molecule has 0 aromatic carbocycles. The molecule has 1 aliphatic heterocycles. The molecule has 1 rings (SSSR count). The third kappa shape index (κ3) is 3.79. The Morgan fingerprint density at radius 2 is 2.38 bits per heavy atom. The highest BCUT2D eigenvalue weighted by Gasteiger charge is 2.24. The van der Waals surface area contributed by atoms with Crippen molar-refractivity contribution in [2.24, 2.45) is 0 Å². The highest BCUT2D eigenvalue weighted by Crippen LogP contribution is 1.95. The Kier molecular flexibility index (Phi) is 5.21. The third-order valence-electron chi connectivity index (χ3n) is 2.24. The summed E-state index contributed by atoms with van der Waals surface area (Å²) in [6.07, 6.45) is 0. The number of carbonyl (C=O) groups is 2. The minimum Gasteiger partial charge on any atom is -0.464 e. The van der Waals surface area contributed by atoms with E-state index >= 15 is 0 Å². The Balaban J connectivity index is 2.34. The molecule has 2 unspecified atom stereocenters. The molecular weight excluding hydrogens is 212 g/mol. The Morgan fingerprint density at radius 3 is 2.94 bits per heavy atom. The third-order valence-corrected chi connectivity index (χ3v) is 2.24. The maximum absolute atomic E-state index is 11.7. The van der Waals surface area contributed by atoms with E-state index in [4.69, 9.17) is 9.47 Å². The molecule has 1 fully saturated rings. The van der Waals surface area contributed by atoms with Gasteiger partial charge in [-0.1, -0.05) is 0 Å². The van der Waals surface area contributed by atoms with Gasteiger partial charge in [0.05, 0.1) is 19.8 Å². The molecule has 0 saturated carbocycles. The maximum atomic E-state index is 11.7. The van der Waals surface area contributed by atoms with Gasteiger partial charge in [0.25, 0.3) is 0 Å². The van der Waals surface area contributed by atoms with Gasteiger partial charge in [-0.3, -0.25) is 4.79 Å². The van der Waals surface area contributed by atoms with Gasteiger partial charge in [0.15, 0.2) is 0 Å². The van der Waals surface area contributed by atoms with Gasteiger partial charge in [0.2, 0.25) is 5.91 Å². The van der Waals surface area contributed by atoms with E-state index in [0.717, 1.165) is 0 Å². The van der Waals surface area contributed by atoms with E-state index in [2.05, 4.69) is 10.6 Å². The first-order chi connectivity index (χ1) is 7.65. The van der Waals surface area contributed by atoms with Crippen molar-refractivity contribution >= 4 is 11.9 Å². The number of esters is 1. The average molecular weight is 230 g/mol. The van der Waals surface area contributed by atoms with Crippen molar-refractivity contribution in [1.29, 1.82) is 0 Å². The van der Waals surface area contributed by atoms with Gasteiger partial charge in [-0.2, -0.15) is 0 Å². The summed E-state index contributed by atoms with van der Waals surface area (Å²) >= 11 is 0. The molecule has 0 aliphatic carbocycles. The second-order valence-corrected chi connectivity index (χ2v) is 3.56. The first kappa shape index (κ1) is 12.9. The summed E-state index contributed by atoms with van der Waals surface area (Å²) in [7, 11) is 0. The summed E-state index contributed by atoms with van der Waals surface area (Å²) in [5, 5.41) is 5.58. The second-order valence-electron chi connectivity index (χ2n) is 3.56. The molecule has 0 bridgehead atoms. The molecule has 1 heterocycles. The summed E-state index contributed by atoms with van der Waals surface area (Å²) < 4.78 is 9.94. The summed E-state index contributed by atoms with van der Waals surface area (Å²) in [5.74, 6) is -0.659. The highest BCUT2D eigenvalue weighted by atomic mass is 16.5. The quantitative estimate of drug-likeness (QED) is 0.608. The number of hydrogen-bond donors (Lipinski definition) is 2. The van der Waals surface area contributed by atoms with Crippen LogP contribution < -0.4 is 10.6 Å². The lowest BCUT2D eigenvalue weighted by molar-refractivity contribution is -0.147. The van der Waals surface area contributed by atoms with Crippen LogP contribution in [0.2, 0.25) is 0 Å². The number of ether oxygens (including phenoxy) is 2. The molecule has 1 aliphatic rings. The summed E-state index contributed by atoms with van der Waals surface area (Å²) in [6.45, 7) is 5.22. The lowest BCUT2D eigenvalue weighted by Crippen LogP contribution is -2.54. The Hall–Kier alpha value is -1.14. The number of morpholine rings is 1. The van der Waals surface area contributed by atoms with Crippen molar-refractivity contribution in [3.63, 3.8) is 0 Å². The first-order valence-corrected chi connectivity index (χ1v) is 5.43. The molecule has 92 valence electrons. The van der Waals surface area contributed by atoms with Gasteiger partial charge >= 0.3 is 5.97 Å². The molecule has 2 N–H and O–H groups in total. The fourth-order valence-corrected chi connectivity index (χ4v) is 1.37. The van der Waals surface area contributed by atoms with Crippen LogP contribution in [0.5, 0.6) is 0 Å². The summed E-state index contributed by atoms with van der Waals surface area (Å²) in [6, 6.07) is -1.01. The minimum absolute atomic E-state index is 0.236. The predicted molar refractivity (Wildman–Crippen MR) is 56.8 cm³/mol. The SMILES string of the molecule is CCOC(=O)C(C)NC(=O)C1COCCN1. The zero-order chi connectivity index (χ0) is 12.0. The van der Waals surface area contributed by atoms with Crippen LogP contribution in [0.3, 0.4) is 0 Å². The summed E-state index contributed by atoms with van der Waals surface area (Å²) in [4.78, 5) is 22.9. The van der Waals surface area contributed by atoms with Gasteiger partial charge in [0, 0.05) is 6.54 Å². The first-order valence-electron chi connectivity index (χ1n) is 5.43. The van der Waals surface area contributed by atoms with E-state index in [-0.39, 0.29) is 11.9 Å². The van der Waals surface area contributed by atoms with E-state index in [1.165, 1.54) is 0 Å².